The van der Waals surface area contributed by atoms with Crippen molar-refractivity contribution in [3.05, 3.63) is 23.8 Å². The van der Waals surface area contributed by atoms with Gasteiger partial charge in [0, 0.05) is 6.42 Å². The molecule has 0 aliphatic rings. The van der Waals surface area contributed by atoms with Crippen molar-refractivity contribution in [3.8, 4) is 11.5 Å². The Kier molecular flexibility index (Phi) is 5.96. The van der Waals surface area contributed by atoms with Crippen LogP contribution in [0.3, 0.4) is 0 Å². The SMILES string of the molecule is CC(C)(OP(=O)(O)O)C(=O)NC(Cc1ccc(O)c(O)c1)C(=O)O. The minimum absolute atomic E-state index is 0.235. The second-order valence-corrected chi connectivity index (χ2v) is 6.65. The van der Waals surface area contributed by atoms with Gasteiger partial charge in [0.2, 0.25) is 0 Å². The molecule has 0 spiro atoms. The summed E-state index contributed by atoms with van der Waals surface area (Å²) in [6.07, 6.45) is -0.235. The summed E-state index contributed by atoms with van der Waals surface area (Å²) in [6, 6.07) is 2.20. The van der Waals surface area contributed by atoms with E-state index in [1.54, 1.807) is 0 Å². The Morgan fingerprint density at radius 3 is 2.29 bits per heavy atom. The predicted octanol–water partition coefficient (Wildman–Crippen LogP) is 0.0976. The van der Waals surface area contributed by atoms with Crippen molar-refractivity contribution in [1.29, 1.82) is 0 Å². The van der Waals surface area contributed by atoms with Crippen LogP contribution in [0, 0.1) is 0 Å². The molecule has 0 aromatic heterocycles. The highest BCUT2D eigenvalue weighted by atomic mass is 31.2. The maximum Gasteiger partial charge on any atom is 0.470 e. The first-order valence-electron chi connectivity index (χ1n) is 6.63. The highest BCUT2D eigenvalue weighted by Crippen LogP contribution is 2.41. The average Bonchev–Trinajstić information content (AvgIpc) is 2.39. The lowest BCUT2D eigenvalue weighted by molar-refractivity contribution is -0.145. The van der Waals surface area contributed by atoms with Crippen LogP contribution in [0.15, 0.2) is 18.2 Å². The maximum atomic E-state index is 12.0. The minimum Gasteiger partial charge on any atom is -0.504 e. The fourth-order valence-electron chi connectivity index (χ4n) is 1.80. The van der Waals surface area contributed by atoms with Gasteiger partial charge in [0.05, 0.1) is 0 Å². The third-order valence-corrected chi connectivity index (χ3v) is 3.67. The Balaban J connectivity index is 2.89. The number of carbonyl (C=O) groups excluding carboxylic acids is 1. The van der Waals surface area contributed by atoms with Crippen LogP contribution in [0.4, 0.5) is 0 Å². The van der Waals surface area contributed by atoms with Crippen LogP contribution in [0.2, 0.25) is 0 Å². The van der Waals surface area contributed by atoms with Gasteiger partial charge in [-0.25, -0.2) is 9.36 Å². The number of carbonyl (C=O) groups is 2. The monoisotopic (exact) mass is 363 g/mol. The summed E-state index contributed by atoms with van der Waals surface area (Å²) in [4.78, 5) is 40.9. The lowest BCUT2D eigenvalue weighted by Gasteiger charge is -2.26. The highest BCUT2D eigenvalue weighted by Gasteiger charge is 2.38. The summed E-state index contributed by atoms with van der Waals surface area (Å²) < 4.78 is 15.2. The Hall–Kier alpha value is -2.13. The van der Waals surface area contributed by atoms with Crippen LogP contribution < -0.4 is 5.32 Å². The molecule has 1 atom stereocenters. The van der Waals surface area contributed by atoms with E-state index in [1.165, 1.54) is 6.07 Å². The third-order valence-electron chi connectivity index (χ3n) is 2.98. The molecule has 10 nitrogen and oxygen atoms in total. The number of phenolic OH excluding ortho intramolecular Hbond substituents is 2. The van der Waals surface area contributed by atoms with Crippen molar-refractivity contribution < 1.29 is 43.8 Å². The van der Waals surface area contributed by atoms with Gasteiger partial charge >= 0.3 is 13.8 Å². The number of hydrogen-bond donors (Lipinski definition) is 6. The highest BCUT2D eigenvalue weighted by molar-refractivity contribution is 7.46. The molecule has 0 aliphatic carbocycles. The number of benzene rings is 1. The van der Waals surface area contributed by atoms with E-state index in [-0.39, 0.29) is 12.2 Å². The first-order chi connectivity index (χ1) is 10.8. The van der Waals surface area contributed by atoms with E-state index in [2.05, 4.69) is 9.84 Å². The summed E-state index contributed by atoms with van der Waals surface area (Å²) in [5.74, 6) is -3.27. The molecule has 0 aliphatic heterocycles. The zero-order valence-corrected chi connectivity index (χ0v) is 13.7. The Labute approximate surface area is 136 Å². The molecular weight excluding hydrogens is 345 g/mol. The number of phenols is 2. The molecule has 24 heavy (non-hydrogen) atoms. The van der Waals surface area contributed by atoms with Gasteiger partial charge < -0.3 is 30.4 Å². The zero-order valence-electron chi connectivity index (χ0n) is 12.8. The van der Waals surface area contributed by atoms with E-state index >= 15 is 0 Å². The van der Waals surface area contributed by atoms with E-state index in [9.17, 15) is 29.5 Å². The zero-order chi connectivity index (χ0) is 18.7. The number of carboxylic acid groups (broad SMARTS) is 1. The van der Waals surface area contributed by atoms with Gasteiger partial charge in [0.1, 0.15) is 6.04 Å². The molecule has 0 saturated carbocycles. The van der Waals surface area contributed by atoms with Gasteiger partial charge in [-0.1, -0.05) is 6.07 Å². The molecule has 11 heteroatoms. The summed E-state index contributed by atoms with van der Waals surface area (Å²) in [5.41, 5.74) is -1.66. The average molecular weight is 363 g/mol. The first-order valence-corrected chi connectivity index (χ1v) is 8.16. The maximum absolute atomic E-state index is 12.0. The minimum atomic E-state index is -4.96. The standard InChI is InChI=1S/C13H18NO9P/c1-13(2,23-24(20,21)22)12(19)14-8(11(17)18)5-7-3-4-9(15)10(16)6-7/h3-4,6,8,15-16H,5H2,1-2H3,(H,14,19)(H,17,18)(H2,20,21,22). The number of rotatable bonds is 7. The van der Waals surface area contributed by atoms with Crippen LogP contribution in [0.25, 0.3) is 0 Å². The predicted molar refractivity (Wildman–Crippen MR) is 80.3 cm³/mol. The quantitative estimate of drug-likeness (QED) is 0.290. The molecule has 6 N–H and O–H groups in total. The molecule has 1 amide bonds. The molecule has 0 radical (unpaired) electrons. The van der Waals surface area contributed by atoms with E-state index in [0.717, 1.165) is 26.0 Å². The number of aliphatic carboxylic acids is 1. The third kappa shape index (κ3) is 5.82. The van der Waals surface area contributed by atoms with E-state index in [4.69, 9.17) is 9.79 Å². The Bertz CT molecular complexity index is 682. The molecule has 0 saturated heterocycles. The van der Waals surface area contributed by atoms with Gasteiger partial charge in [-0.2, -0.15) is 0 Å². The van der Waals surface area contributed by atoms with Crippen molar-refractivity contribution in [2.45, 2.75) is 31.9 Å². The number of carboxylic acids is 1. The van der Waals surface area contributed by atoms with E-state index < -0.39 is 37.1 Å². The Morgan fingerprint density at radius 1 is 1.25 bits per heavy atom. The summed E-state index contributed by atoms with van der Waals surface area (Å²) in [5, 5.41) is 29.9. The lowest BCUT2D eigenvalue weighted by atomic mass is 10.0. The molecule has 1 unspecified atom stereocenters. The second-order valence-electron chi connectivity index (χ2n) is 5.48. The summed E-state index contributed by atoms with van der Waals surface area (Å²) >= 11 is 0. The number of amides is 1. The summed E-state index contributed by atoms with van der Waals surface area (Å²) in [7, 11) is -4.96. The lowest BCUT2D eigenvalue weighted by Crippen LogP contribution is -2.51. The molecule has 1 aromatic rings. The summed E-state index contributed by atoms with van der Waals surface area (Å²) in [6.45, 7) is 2.15. The smallest absolute Gasteiger partial charge is 0.470 e. The Morgan fingerprint density at radius 2 is 1.83 bits per heavy atom. The van der Waals surface area contributed by atoms with Crippen molar-refractivity contribution >= 4 is 19.7 Å². The van der Waals surface area contributed by atoms with Crippen molar-refractivity contribution in [2.75, 3.05) is 0 Å². The topological polar surface area (TPSA) is 174 Å². The number of aromatic hydroxyl groups is 2. The van der Waals surface area contributed by atoms with Crippen LogP contribution in [0.5, 0.6) is 11.5 Å². The molecule has 134 valence electrons. The number of hydrogen-bond acceptors (Lipinski definition) is 6. The van der Waals surface area contributed by atoms with Crippen LogP contribution in [0.1, 0.15) is 19.4 Å². The fraction of sp³-hybridized carbons (Fsp3) is 0.385. The largest absolute Gasteiger partial charge is 0.504 e. The van der Waals surface area contributed by atoms with Gasteiger partial charge in [-0.15, -0.1) is 0 Å². The van der Waals surface area contributed by atoms with Crippen molar-refractivity contribution in [2.24, 2.45) is 0 Å². The molecule has 1 aromatic carbocycles. The van der Waals surface area contributed by atoms with Gasteiger partial charge in [0.25, 0.3) is 5.91 Å². The first kappa shape index (κ1) is 19.9. The van der Waals surface area contributed by atoms with Gasteiger partial charge in [-0.05, 0) is 31.5 Å². The number of phosphoric ester groups is 1. The van der Waals surface area contributed by atoms with Crippen LogP contribution >= 0.6 is 7.82 Å². The second kappa shape index (κ2) is 7.18. The van der Waals surface area contributed by atoms with Crippen LogP contribution in [-0.4, -0.2) is 48.6 Å². The molecular formula is C13H18NO9P. The van der Waals surface area contributed by atoms with E-state index in [0.29, 0.717) is 5.56 Å². The molecule has 1 rings (SSSR count). The number of nitrogens with one attached hydrogen (secondary N) is 1. The van der Waals surface area contributed by atoms with Gasteiger partial charge in [0.15, 0.2) is 17.1 Å². The van der Waals surface area contributed by atoms with Crippen molar-refractivity contribution in [1.82, 2.24) is 5.32 Å². The van der Waals surface area contributed by atoms with Crippen LogP contribution in [-0.2, 0) is 25.1 Å². The van der Waals surface area contributed by atoms with Crippen molar-refractivity contribution in [3.63, 3.8) is 0 Å². The van der Waals surface area contributed by atoms with Gasteiger partial charge in [-0.3, -0.25) is 9.32 Å². The molecule has 0 fully saturated rings. The van der Waals surface area contributed by atoms with E-state index in [1.807, 2.05) is 0 Å². The molecule has 0 heterocycles. The normalized spacial score (nSPS) is 13.3. The fourth-order valence-corrected chi connectivity index (χ4v) is 2.48. The molecule has 0 bridgehead atoms. The number of phosphoric acid groups is 1.